The van der Waals surface area contributed by atoms with Crippen molar-refractivity contribution in [3.63, 3.8) is 0 Å². The molecule has 0 amide bonds. The lowest BCUT2D eigenvalue weighted by Gasteiger charge is -2.19. The van der Waals surface area contributed by atoms with Crippen molar-refractivity contribution in [2.75, 3.05) is 26.2 Å². The molecule has 0 fully saturated rings. The summed E-state index contributed by atoms with van der Waals surface area (Å²) in [6.07, 6.45) is 2.96. The Hall–Kier alpha value is -2.89. The van der Waals surface area contributed by atoms with Crippen molar-refractivity contribution >= 4 is 11.8 Å². The van der Waals surface area contributed by atoms with Crippen LogP contribution in [0.3, 0.4) is 0 Å². The summed E-state index contributed by atoms with van der Waals surface area (Å²) >= 11 is 0. The summed E-state index contributed by atoms with van der Waals surface area (Å²) in [5.41, 5.74) is 1.14. The molecule has 0 atom stereocenters. The monoisotopic (exact) mass is 299 g/mol. The molecule has 0 bridgehead atoms. The zero-order valence-electron chi connectivity index (χ0n) is 12.7. The fourth-order valence-electron chi connectivity index (χ4n) is 1.87. The fraction of sp³-hybridized carbons (Fsp3) is 0.188. The number of esters is 1. The van der Waals surface area contributed by atoms with Gasteiger partial charge < -0.3 is 14.4 Å². The smallest absolute Gasteiger partial charge is 0.357 e. The average molecular weight is 299 g/mol. The lowest BCUT2D eigenvalue weighted by atomic mass is 10.2. The molecular formula is C16H17N3O3. The summed E-state index contributed by atoms with van der Waals surface area (Å²) in [7, 11) is 4.49. The zero-order chi connectivity index (χ0) is 15.9. The Kier molecular flexibility index (Phi) is 5.08. The van der Waals surface area contributed by atoms with Gasteiger partial charge in [-0.1, -0.05) is 30.3 Å². The highest BCUT2D eigenvalue weighted by atomic mass is 16.5. The van der Waals surface area contributed by atoms with Crippen LogP contribution < -0.4 is 4.90 Å². The minimum atomic E-state index is -0.510. The second-order valence-electron chi connectivity index (χ2n) is 4.39. The van der Waals surface area contributed by atoms with Gasteiger partial charge in [-0.3, -0.25) is 0 Å². The average Bonchev–Trinajstić information content (AvgIpc) is 2.59. The van der Waals surface area contributed by atoms with Crippen molar-refractivity contribution in [3.8, 4) is 11.4 Å². The summed E-state index contributed by atoms with van der Waals surface area (Å²) in [6.45, 7) is 0. The minimum absolute atomic E-state index is 0.239. The van der Waals surface area contributed by atoms with Crippen LogP contribution in [0.15, 0.2) is 54.6 Å². The number of hydrogen-bond donors (Lipinski definition) is 0. The van der Waals surface area contributed by atoms with E-state index in [2.05, 4.69) is 9.97 Å². The number of rotatable bonds is 5. The standard InChI is InChI=1S/C16H17N3O3/c1-19(13(11-21-2)16(20)22-3)14-9-10-17-15(18-14)12-7-5-4-6-8-12/h4-11H,1-3H3/b13-11-. The number of anilines is 1. The highest BCUT2D eigenvalue weighted by molar-refractivity contribution is 5.91. The van der Waals surface area contributed by atoms with Crippen LogP contribution in [0.4, 0.5) is 5.82 Å². The molecule has 0 aliphatic rings. The van der Waals surface area contributed by atoms with Gasteiger partial charge in [0.1, 0.15) is 12.1 Å². The predicted molar refractivity (Wildman–Crippen MR) is 83.0 cm³/mol. The van der Waals surface area contributed by atoms with Crippen molar-refractivity contribution in [2.24, 2.45) is 0 Å². The van der Waals surface area contributed by atoms with Crippen molar-refractivity contribution < 1.29 is 14.3 Å². The third kappa shape index (κ3) is 3.41. The van der Waals surface area contributed by atoms with Crippen LogP contribution in [0.1, 0.15) is 0 Å². The molecular weight excluding hydrogens is 282 g/mol. The van der Waals surface area contributed by atoms with Crippen LogP contribution in [-0.4, -0.2) is 37.2 Å². The Morgan fingerprint density at radius 3 is 2.55 bits per heavy atom. The molecule has 6 nitrogen and oxygen atoms in total. The quantitative estimate of drug-likeness (QED) is 0.479. The maximum Gasteiger partial charge on any atom is 0.357 e. The molecule has 0 unspecified atom stereocenters. The molecule has 2 aromatic rings. The third-order valence-electron chi connectivity index (χ3n) is 3.00. The van der Waals surface area contributed by atoms with Gasteiger partial charge in [0.2, 0.25) is 0 Å². The Morgan fingerprint density at radius 1 is 1.18 bits per heavy atom. The van der Waals surface area contributed by atoms with E-state index in [-0.39, 0.29) is 5.70 Å². The highest BCUT2D eigenvalue weighted by Crippen LogP contribution is 2.20. The van der Waals surface area contributed by atoms with Gasteiger partial charge in [-0.25, -0.2) is 14.8 Å². The molecule has 1 aromatic heterocycles. The van der Waals surface area contributed by atoms with Gasteiger partial charge in [0.15, 0.2) is 11.5 Å². The second-order valence-corrected chi connectivity index (χ2v) is 4.39. The van der Waals surface area contributed by atoms with Crippen LogP contribution in [0.25, 0.3) is 11.4 Å². The normalized spacial score (nSPS) is 11.0. The van der Waals surface area contributed by atoms with E-state index < -0.39 is 5.97 Å². The molecule has 0 saturated carbocycles. The molecule has 114 valence electrons. The number of methoxy groups -OCH3 is 2. The summed E-state index contributed by atoms with van der Waals surface area (Å²) in [4.78, 5) is 22.1. The fourth-order valence-corrected chi connectivity index (χ4v) is 1.87. The molecule has 0 saturated heterocycles. The first-order chi connectivity index (χ1) is 10.7. The summed E-state index contributed by atoms with van der Waals surface area (Å²) < 4.78 is 9.69. The molecule has 1 heterocycles. The van der Waals surface area contributed by atoms with Crippen LogP contribution in [0.5, 0.6) is 0 Å². The Morgan fingerprint density at radius 2 is 1.91 bits per heavy atom. The van der Waals surface area contributed by atoms with E-state index in [4.69, 9.17) is 9.47 Å². The highest BCUT2D eigenvalue weighted by Gasteiger charge is 2.18. The number of carbonyl (C=O) groups is 1. The van der Waals surface area contributed by atoms with Crippen molar-refractivity contribution in [3.05, 3.63) is 54.6 Å². The van der Waals surface area contributed by atoms with E-state index >= 15 is 0 Å². The molecule has 1 aromatic carbocycles. The van der Waals surface area contributed by atoms with Crippen LogP contribution in [0.2, 0.25) is 0 Å². The first-order valence-corrected chi connectivity index (χ1v) is 6.61. The van der Waals surface area contributed by atoms with Gasteiger partial charge in [-0.15, -0.1) is 0 Å². The Bertz CT molecular complexity index is 671. The van der Waals surface area contributed by atoms with Crippen molar-refractivity contribution in [1.29, 1.82) is 0 Å². The van der Waals surface area contributed by atoms with Crippen LogP contribution in [-0.2, 0) is 14.3 Å². The van der Waals surface area contributed by atoms with Crippen molar-refractivity contribution in [2.45, 2.75) is 0 Å². The molecule has 0 spiro atoms. The summed E-state index contributed by atoms with van der Waals surface area (Å²) in [5.74, 6) is 0.623. The van der Waals surface area contributed by atoms with E-state index in [0.29, 0.717) is 11.6 Å². The van der Waals surface area contributed by atoms with E-state index in [1.807, 2.05) is 30.3 Å². The number of benzene rings is 1. The summed E-state index contributed by atoms with van der Waals surface area (Å²) in [6, 6.07) is 11.3. The van der Waals surface area contributed by atoms with Gasteiger partial charge >= 0.3 is 5.97 Å². The maximum absolute atomic E-state index is 11.8. The molecule has 6 heteroatoms. The van der Waals surface area contributed by atoms with Gasteiger partial charge in [-0.2, -0.15) is 0 Å². The van der Waals surface area contributed by atoms with Gasteiger partial charge in [0.25, 0.3) is 0 Å². The van der Waals surface area contributed by atoms with E-state index in [1.165, 1.54) is 20.5 Å². The number of carbonyl (C=O) groups excluding carboxylic acids is 1. The van der Waals surface area contributed by atoms with E-state index in [1.54, 1.807) is 24.2 Å². The Balaban J connectivity index is 2.36. The van der Waals surface area contributed by atoms with E-state index in [9.17, 15) is 4.79 Å². The second kappa shape index (κ2) is 7.21. The zero-order valence-corrected chi connectivity index (χ0v) is 12.7. The van der Waals surface area contributed by atoms with Gasteiger partial charge in [0.05, 0.1) is 14.2 Å². The lowest BCUT2D eigenvalue weighted by Crippen LogP contribution is -2.25. The number of likely N-dealkylation sites (N-methyl/N-ethyl adjacent to an activating group) is 1. The van der Waals surface area contributed by atoms with E-state index in [0.717, 1.165) is 5.56 Å². The Labute approximate surface area is 129 Å². The number of nitrogens with zero attached hydrogens (tertiary/aromatic N) is 3. The molecule has 0 aliphatic heterocycles. The number of ether oxygens (including phenoxy) is 2. The van der Waals surface area contributed by atoms with Crippen LogP contribution >= 0.6 is 0 Å². The van der Waals surface area contributed by atoms with Gasteiger partial charge in [-0.05, 0) is 6.07 Å². The topological polar surface area (TPSA) is 64.6 Å². The lowest BCUT2D eigenvalue weighted by molar-refractivity contribution is -0.136. The van der Waals surface area contributed by atoms with Crippen LogP contribution in [0, 0.1) is 0 Å². The molecule has 22 heavy (non-hydrogen) atoms. The molecule has 0 N–H and O–H groups in total. The van der Waals surface area contributed by atoms with Crippen molar-refractivity contribution in [1.82, 2.24) is 9.97 Å². The first kappa shape index (κ1) is 15.5. The first-order valence-electron chi connectivity index (χ1n) is 6.61. The largest absolute Gasteiger partial charge is 0.502 e. The van der Waals surface area contributed by atoms with Gasteiger partial charge in [0, 0.05) is 18.8 Å². The molecule has 0 aliphatic carbocycles. The summed E-state index contributed by atoms with van der Waals surface area (Å²) in [5, 5.41) is 0. The number of hydrogen-bond acceptors (Lipinski definition) is 6. The third-order valence-corrected chi connectivity index (χ3v) is 3.00. The molecule has 0 radical (unpaired) electrons. The SMILES string of the molecule is CO/C=C(/C(=O)OC)N(C)c1ccnc(-c2ccccc2)n1. The number of aromatic nitrogens is 2. The minimum Gasteiger partial charge on any atom is -0.502 e. The maximum atomic E-state index is 11.8. The molecule has 2 rings (SSSR count). The predicted octanol–water partition coefficient (Wildman–Crippen LogP) is 2.24.